The Hall–Kier alpha value is -3.02. The molecule has 28 heavy (non-hydrogen) atoms. The molecule has 1 unspecified atom stereocenters. The maximum atomic E-state index is 12.4. The van der Waals surface area contributed by atoms with Crippen molar-refractivity contribution in [2.45, 2.75) is 40.2 Å². The Kier molecular flexibility index (Phi) is 5.87. The molecule has 0 bridgehead atoms. The van der Waals surface area contributed by atoms with Gasteiger partial charge in [-0.2, -0.15) is 0 Å². The van der Waals surface area contributed by atoms with Crippen LogP contribution in [0.3, 0.4) is 0 Å². The minimum absolute atomic E-state index is 0.0730. The number of anilines is 2. The number of nitrogens with zero attached hydrogens (tertiary/aromatic N) is 1. The van der Waals surface area contributed by atoms with Gasteiger partial charge in [0.25, 0.3) is 11.8 Å². The summed E-state index contributed by atoms with van der Waals surface area (Å²) in [4.78, 5) is 26.5. The summed E-state index contributed by atoms with van der Waals surface area (Å²) in [6.45, 7) is 8.17. The summed E-state index contributed by atoms with van der Waals surface area (Å²) in [5, 5.41) is 2.83. The third-order valence-corrected chi connectivity index (χ3v) is 4.65. The number of nitrogens with one attached hydrogen (secondary N) is 1. The highest BCUT2D eigenvalue weighted by Gasteiger charge is 2.31. The van der Waals surface area contributed by atoms with Crippen LogP contribution in [-0.4, -0.2) is 31.1 Å². The van der Waals surface area contributed by atoms with Crippen LogP contribution in [0.1, 0.15) is 31.4 Å². The van der Waals surface area contributed by atoms with Crippen LogP contribution in [-0.2, 0) is 9.59 Å². The number of hydrogen-bond donors (Lipinski definition) is 1. The van der Waals surface area contributed by atoms with Crippen LogP contribution in [0.4, 0.5) is 11.4 Å². The Balaban J connectivity index is 1.71. The molecule has 1 heterocycles. The monoisotopic (exact) mass is 382 g/mol. The van der Waals surface area contributed by atoms with E-state index in [1.54, 1.807) is 30.0 Å². The summed E-state index contributed by atoms with van der Waals surface area (Å²) in [5.74, 6) is 1.03. The van der Waals surface area contributed by atoms with Crippen molar-refractivity contribution in [1.29, 1.82) is 0 Å². The van der Waals surface area contributed by atoms with E-state index < -0.39 is 6.10 Å². The van der Waals surface area contributed by atoms with E-state index in [1.165, 1.54) is 0 Å². The minimum Gasteiger partial charge on any atom is -0.483 e. The normalized spacial score (nSPS) is 15.6. The molecule has 2 aromatic rings. The highest BCUT2D eigenvalue weighted by molar-refractivity contribution is 6.01. The van der Waals surface area contributed by atoms with Crippen LogP contribution in [0.25, 0.3) is 0 Å². The lowest BCUT2D eigenvalue weighted by atomic mass is 10.1. The van der Waals surface area contributed by atoms with E-state index in [0.717, 1.165) is 23.3 Å². The Morgan fingerprint density at radius 2 is 1.93 bits per heavy atom. The largest absolute Gasteiger partial charge is 0.483 e. The van der Waals surface area contributed by atoms with Crippen molar-refractivity contribution >= 4 is 23.2 Å². The van der Waals surface area contributed by atoms with Crippen LogP contribution < -0.4 is 19.7 Å². The Labute approximate surface area is 165 Å². The number of benzene rings is 2. The van der Waals surface area contributed by atoms with Crippen molar-refractivity contribution in [3.8, 4) is 11.5 Å². The molecule has 0 spiro atoms. The number of carbonyl (C=O) groups is 2. The molecule has 1 atom stereocenters. The molecular weight excluding hydrogens is 356 g/mol. The summed E-state index contributed by atoms with van der Waals surface area (Å²) in [5.41, 5.74) is 3.25. The maximum Gasteiger partial charge on any atom is 0.267 e. The predicted octanol–water partition coefficient (Wildman–Crippen LogP) is 3.84. The van der Waals surface area contributed by atoms with Crippen molar-refractivity contribution < 1.29 is 19.1 Å². The second-order valence-electron chi connectivity index (χ2n) is 6.99. The van der Waals surface area contributed by atoms with Gasteiger partial charge in [0, 0.05) is 12.2 Å². The summed E-state index contributed by atoms with van der Waals surface area (Å²) >= 11 is 0. The lowest BCUT2D eigenvalue weighted by molar-refractivity contribution is -0.125. The quantitative estimate of drug-likeness (QED) is 0.824. The molecular formula is C22H26N2O4. The zero-order chi connectivity index (χ0) is 20.3. The van der Waals surface area contributed by atoms with E-state index in [1.807, 2.05) is 39.0 Å². The van der Waals surface area contributed by atoms with E-state index in [-0.39, 0.29) is 18.4 Å². The zero-order valence-corrected chi connectivity index (χ0v) is 16.7. The molecule has 1 N–H and O–H groups in total. The molecule has 6 heteroatoms. The average molecular weight is 382 g/mol. The number of carbonyl (C=O) groups excluding carboxylic acids is 2. The second kappa shape index (κ2) is 8.33. The molecule has 0 fully saturated rings. The SMILES string of the molecule is CCCN1C(=O)C(C)Oc2ccc(NC(=O)COc3c(C)cccc3C)cc21. The molecule has 0 aromatic heterocycles. The molecule has 1 aliphatic rings. The lowest BCUT2D eigenvalue weighted by Gasteiger charge is -2.33. The van der Waals surface area contributed by atoms with E-state index >= 15 is 0 Å². The molecule has 6 nitrogen and oxygen atoms in total. The molecule has 2 aromatic carbocycles. The number of para-hydroxylation sites is 1. The number of ether oxygens (including phenoxy) is 2. The molecule has 3 rings (SSSR count). The first kappa shape index (κ1) is 19.7. The van der Waals surface area contributed by atoms with Crippen molar-refractivity contribution in [1.82, 2.24) is 0 Å². The molecule has 0 aliphatic carbocycles. The summed E-state index contributed by atoms with van der Waals surface area (Å²) in [6.07, 6.45) is 0.322. The fraction of sp³-hybridized carbons (Fsp3) is 0.364. The first-order valence-corrected chi connectivity index (χ1v) is 9.51. The van der Waals surface area contributed by atoms with Crippen molar-refractivity contribution in [2.24, 2.45) is 0 Å². The summed E-state index contributed by atoms with van der Waals surface area (Å²) in [7, 11) is 0. The van der Waals surface area contributed by atoms with Crippen LogP contribution in [0.15, 0.2) is 36.4 Å². The molecule has 2 amide bonds. The smallest absolute Gasteiger partial charge is 0.267 e. The molecule has 148 valence electrons. The highest BCUT2D eigenvalue weighted by Crippen LogP contribution is 2.36. The van der Waals surface area contributed by atoms with E-state index in [4.69, 9.17) is 9.47 Å². The van der Waals surface area contributed by atoms with E-state index in [9.17, 15) is 9.59 Å². The van der Waals surface area contributed by atoms with Gasteiger partial charge in [-0.15, -0.1) is 0 Å². The third kappa shape index (κ3) is 4.11. The van der Waals surface area contributed by atoms with Gasteiger partial charge in [-0.3, -0.25) is 9.59 Å². The molecule has 0 saturated heterocycles. The van der Waals surface area contributed by atoms with E-state index in [2.05, 4.69) is 5.32 Å². The fourth-order valence-corrected chi connectivity index (χ4v) is 3.30. The van der Waals surface area contributed by atoms with Crippen molar-refractivity contribution in [3.05, 3.63) is 47.5 Å². The second-order valence-corrected chi connectivity index (χ2v) is 6.99. The number of fused-ring (bicyclic) bond motifs is 1. The zero-order valence-electron chi connectivity index (χ0n) is 16.7. The van der Waals surface area contributed by atoms with Gasteiger partial charge in [-0.25, -0.2) is 0 Å². The molecule has 0 radical (unpaired) electrons. The van der Waals surface area contributed by atoms with Crippen LogP contribution >= 0.6 is 0 Å². The lowest BCUT2D eigenvalue weighted by Crippen LogP contribution is -2.44. The van der Waals surface area contributed by atoms with Gasteiger partial charge in [-0.1, -0.05) is 25.1 Å². The van der Waals surface area contributed by atoms with Gasteiger partial charge < -0.3 is 19.7 Å². The van der Waals surface area contributed by atoms with Gasteiger partial charge in [0.1, 0.15) is 11.5 Å². The van der Waals surface area contributed by atoms with Gasteiger partial charge in [0.15, 0.2) is 12.7 Å². The number of hydrogen-bond acceptors (Lipinski definition) is 4. The average Bonchev–Trinajstić information content (AvgIpc) is 2.65. The Morgan fingerprint density at radius 3 is 2.61 bits per heavy atom. The van der Waals surface area contributed by atoms with Crippen molar-refractivity contribution in [3.63, 3.8) is 0 Å². The number of aryl methyl sites for hydroxylation is 2. The summed E-state index contributed by atoms with van der Waals surface area (Å²) < 4.78 is 11.4. The predicted molar refractivity (Wildman–Crippen MR) is 109 cm³/mol. The van der Waals surface area contributed by atoms with Crippen LogP contribution in [0, 0.1) is 13.8 Å². The summed E-state index contributed by atoms with van der Waals surface area (Å²) in [6, 6.07) is 11.2. The molecule has 0 saturated carbocycles. The number of rotatable bonds is 6. The third-order valence-electron chi connectivity index (χ3n) is 4.65. The topological polar surface area (TPSA) is 67.9 Å². The van der Waals surface area contributed by atoms with Gasteiger partial charge in [0.05, 0.1) is 5.69 Å². The Morgan fingerprint density at radius 1 is 1.21 bits per heavy atom. The van der Waals surface area contributed by atoms with Gasteiger partial charge in [-0.05, 0) is 56.5 Å². The standard InChI is InChI=1S/C22H26N2O4/c1-5-11-24-18-12-17(9-10-19(18)28-16(4)22(24)26)23-20(25)13-27-21-14(2)7-6-8-15(21)3/h6-10,12,16H,5,11,13H2,1-4H3,(H,23,25). The first-order chi connectivity index (χ1) is 13.4. The van der Waals surface area contributed by atoms with Crippen LogP contribution in [0.5, 0.6) is 11.5 Å². The first-order valence-electron chi connectivity index (χ1n) is 9.51. The highest BCUT2D eigenvalue weighted by atomic mass is 16.5. The van der Waals surface area contributed by atoms with E-state index in [0.29, 0.717) is 23.7 Å². The number of amides is 2. The molecule has 1 aliphatic heterocycles. The van der Waals surface area contributed by atoms with Gasteiger partial charge >= 0.3 is 0 Å². The minimum atomic E-state index is -0.509. The van der Waals surface area contributed by atoms with Gasteiger partial charge in [0.2, 0.25) is 0 Å². The van der Waals surface area contributed by atoms with Crippen molar-refractivity contribution in [2.75, 3.05) is 23.4 Å². The maximum absolute atomic E-state index is 12.4. The van der Waals surface area contributed by atoms with Crippen LogP contribution in [0.2, 0.25) is 0 Å². The Bertz CT molecular complexity index is 874. The fourth-order valence-electron chi connectivity index (χ4n) is 3.30.